The van der Waals surface area contributed by atoms with Gasteiger partial charge in [-0.15, -0.1) is 0 Å². The van der Waals surface area contributed by atoms with Crippen molar-refractivity contribution in [2.75, 3.05) is 14.2 Å². The Morgan fingerprint density at radius 2 is 2.00 bits per heavy atom. The minimum Gasteiger partial charge on any atom is -0.497 e. The molecule has 1 amide bonds. The molecule has 0 spiro atoms. The average molecular weight is 337 g/mol. The second-order valence-corrected chi connectivity index (χ2v) is 5.51. The molecular weight excluding hydrogens is 322 g/mol. The smallest absolute Gasteiger partial charge is 0.267 e. The number of hydrogen-bond donors (Lipinski definition) is 3. The molecule has 0 aliphatic heterocycles. The fourth-order valence-electron chi connectivity index (χ4n) is 2.97. The third-order valence-electron chi connectivity index (χ3n) is 4.14. The Kier molecular flexibility index (Phi) is 3.31. The number of aromatic amines is 2. The molecule has 126 valence electrons. The Labute approximate surface area is 142 Å². The first-order valence-electron chi connectivity index (χ1n) is 7.49. The van der Waals surface area contributed by atoms with E-state index in [0.29, 0.717) is 17.1 Å². The Morgan fingerprint density at radius 3 is 2.72 bits per heavy atom. The molecule has 1 aromatic carbocycles. The van der Waals surface area contributed by atoms with Crippen molar-refractivity contribution in [3.63, 3.8) is 0 Å². The summed E-state index contributed by atoms with van der Waals surface area (Å²) >= 11 is 0. The lowest BCUT2D eigenvalue weighted by molar-refractivity contribution is 0.0996. The van der Waals surface area contributed by atoms with Crippen molar-refractivity contribution in [3.8, 4) is 22.6 Å². The zero-order valence-electron chi connectivity index (χ0n) is 13.6. The fourth-order valence-corrected chi connectivity index (χ4v) is 2.97. The van der Waals surface area contributed by atoms with Crippen LogP contribution in [0.15, 0.2) is 30.6 Å². The molecular formula is C17H15N5O3. The van der Waals surface area contributed by atoms with Gasteiger partial charge in [0.1, 0.15) is 17.2 Å². The number of rotatable bonds is 4. The molecule has 0 aliphatic rings. The molecule has 0 bridgehead atoms. The van der Waals surface area contributed by atoms with E-state index in [1.807, 2.05) is 18.3 Å². The quantitative estimate of drug-likeness (QED) is 0.527. The van der Waals surface area contributed by atoms with Gasteiger partial charge in [-0.2, -0.15) is 5.10 Å². The number of carbonyl (C=O) groups excluding carboxylic acids is 1. The molecule has 4 aromatic rings. The van der Waals surface area contributed by atoms with Gasteiger partial charge in [0.15, 0.2) is 5.65 Å². The minimum absolute atomic E-state index is 0.161. The number of H-pyrrole nitrogens is 2. The largest absolute Gasteiger partial charge is 0.497 e. The second-order valence-electron chi connectivity index (χ2n) is 5.51. The highest BCUT2D eigenvalue weighted by Gasteiger charge is 2.18. The maximum Gasteiger partial charge on any atom is 0.267 e. The first-order valence-corrected chi connectivity index (χ1v) is 7.49. The van der Waals surface area contributed by atoms with E-state index in [4.69, 9.17) is 15.2 Å². The van der Waals surface area contributed by atoms with Gasteiger partial charge in [0, 0.05) is 34.7 Å². The van der Waals surface area contributed by atoms with Gasteiger partial charge in [0.05, 0.1) is 25.9 Å². The number of methoxy groups -OCH3 is 2. The molecule has 3 aromatic heterocycles. The number of fused-ring (bicyclic) bond motifs is 2. The van der Waals surface area contributed by atoms with E-state index < -0.39 is 5.91 Å². The van der Waals surface area contributed by atoms with Gasteiger partial charge in [-0.1, -0.05) is 0 Å². The summed E-state index contributed by atoms with van der Waals surface area (Å²) in [5.41, 5.74) is 8.55. The van der Waals surface area contributed by atoms with Gasteiger partial charge in [-0.05, 0) is 11.6 Å². The number of ether oxygens (including phenoxy) is 2. The van der Waals surface area contributed by atoms with E-state index in [1.54, 1.807) is 26.5 Å². The van der Waals surface area contributed by atoms with Crippen LogP contribution in [0, 0.1) is 0 Å². The molecule has 8 nitrogen and oxygen atoms in total. The summed E-state index contributed by atoms with van der Waals surface area (Å²) in [6.07, 6.45) is 3.51. The average Bonchev–Trinajstić information content (AvgIpc) is 3.26. The Hall–Kier alpha value is -3.55. The summed E-state index contributed by atoms with van der Waals surface area (Å²) in [4.78, 5) is 19.1. The maximum atomic E-state index is 11.6. The topological polar surface area (TPSA) is 119 Å². The van der Waals surface area contributed by atoms with Crippen LogP contribution in [0.5, 0.6) is 11.5 Å². The van der Waals surface area contributed by atoms with E-state index >= 15 is 0 Å². The summed E-state index contributed by atoms with van der Waals surface area (Å²) in [5.74, 6) is 0.727. The molecule has 4 N–H and O–H groups in total. The van der Waals surface area contributed by atoms with Gasteiger partial charge >= 0.3 is 0 Å². The predicted molar refractivity (Wildman–Crippen MR) is 92.8 cm³/mol. The lowest BCUT2D eigenvalue weighted by atomic mass is 10.0. The lowest BCUT2D eigenvalue weighted by Crippen LogP contribution is -2.13. The predicted octanol–water partition coefficient (Wildman–Crippen LogP) is 2.22. The van der Waals surface area contributed by atoms with Crippen molar-refractivity contribution in [1.82, 2.24) is 20.2 Å². The number of nitrogens with two attached hydrogens (primary N) is 1. The van der Waals surface area contributed by atoms with Crippen LogP contribution in [0.3, 0.4) is 0 Å². The first kappa shape index (κ1) is 15.0. The minimum atomic E-state index is -0.605. The van der Waals surface area contributed by atoms with Crippen LogP contribution in [0.2, 0.25) is 0 Å². The first-order chi connectivity index (χ1) is 12.1. The molecule has 4 rings (SSSR count). The number of benzene rings is 1. The van der Waals surface area contributed by atoms with Crippen molar-refractivity contribution in [2.24, 2.45) is 5.73 Å². The standard InChI is InChI=1S/C17H15N5O3/c1-24-8-3-12-15(14(4-8)25-2)10(6-19-12)9-5-13(16(18)23)21-17-11(9)7-20-22-17/h3-7,19H,1-2H3,(H2,18,23)(H,20,21,22). The fraction of sp³-hybridized carbons (Fsp3) is 0.118. The van der Waals surface area contributed by atoms with Crippen LogP contribution in [0.1, 0.15) is 10.5 Å². The van der Waals surface area contributed by atoms with Gasteiger partial charge in [-0.25, -0.2) is 4.98 Å². The zero-order chi connectivity index (χ0) is 17.6. The number of primary amides is 1. The molecule has 0 atom stereocenters. The lowest BCUT2D eigenvalue weighted by Gasteiger charge is -2.09. The Bertz CT molecular complexity index is 1110. The molecule has 0 radical (unpaired) electrons. The number of pyridine rings is 1. The molecule has 0 fully saturated rings. The number of amides is 1. The van der Waals surface area contributed by atoms with Crippen molar-refractivity contribution in [2.45, 2.75) is 0 Å². The molecule has 0 saturated carbocycles. The van der Waals surface area contributed by atoms with Crippen LogP contribution >= 0.6 is 0 Å². The highest BCUT2D eigenvalue weighted by atomic mass is 16.5. The summed E-state index contributed by atoms with van der Waals surface area (Å²) in [6.45, 7) is 0. The number of nitrogens with zero attached hydrogens (tertiary/aromatic N) is 2. The van der Waals surface area contributed by atoms with E-state index in [0.717, 1.165) is 27.4 Å². The maximum absolute atomic E-state index is 11.6. The van der Waals surface area contributed by atoms with Gasteiger partial charge < -0.3 is 20.2 Å². The molecule has 0 aliphatic carbocycles. The third kappa shape index (κ3) is 2.26. The summed E-state index contributed by atoms with van der Waals surface area (Å²) in [7, 11) is 3.20. The van der Waals surface area contributed by atoms with Crippen molar-refractivity contribution in [3.05, 3.63) is 36.3 Å². The van der Waals surface area contributed by atoms with E-state index in [-0.39, 0.29) is 5.69 Å². The second kappa shape index (κ2) is 5.52. The molecule has 25 heavy (non-hydrogen) atoms. The molecule has 0 saturated heterocycles. The highest BCUT2D eigenvalue weighted by Crippen LogP contribution is 2.40. The molecule has 3 heterocycles. The normalized spacial score (nSPS) is 11.1. The number of nitrogens with one attached hydrogen (secondary N) is 2. The summed E-state index contributed by atoms with van der Waals surface area (Å²) in [6, 6.07) is 5.35. The number of hydrogen-bond acceptors (Lipinski definition) is 5. The van der Waals surface area contributed by atoms with Crippen molar-refractivity contribution < 1.29 is 14.3 Å². The van der Waals surface area contributed by atoms with E-state index in [2.05, 4.69) is 20.2 Å². The van der Waals surface area contributed by atoms with Gasteiger partial charge in [-0.3, -0.25) is 9.89 Å². The summed E-state index contributed by atoms with van der Waals surface area (Å²) in [5, 5.41) is 8.45. The van der Waals surface area contributed by atoms with Crippen molar-refractivity contribution >= 4 is 27.8 Å². The van der Waals surface area contributed by atoms with E-state index in [9.17, 15) is 4.79 Å². The van der Waals surface area contributed by atoms with Crippen molar-refractivity contribution in [1.29, 1.82) is 0 Å². The molecule has 0 unspecified atom stereocenters. The molecule has 8 heteroatoms. The third-order valence-corrected chi connectivity index (χ3v) is 4.14. The zero-order valence-corrected chi connectivity index (χ0v) is 13.6. The van der Waals surface area contributed by atoms with E-state index in [1.165, 1.54) is 0 Å². The van der Waals surface area contributed by atoms with Crippen LogP contribution in [0.25, 0.3) is 33.1 Å². The van der Waals surface area contributed by atoms with Crippen LogP contribution in [-0.2, 0) is 0 Å². The highest BCUT2D eigenvalue weighted by molar-refractivity contribution is 6.08. The van der Waals surface area contributed by atoms with Crippen LogP contribution < -0.4 is 15.2 Å². The SMILES string of the molecule is COc1cc(OC)c2c(-c3cc(C(N)=O)nc4[nH]ncc34)c[nH]c2c1. The monoisotopic (exact) mass is 337 g/mol. The van der Waals surface area contributed by atoms with Gasteiger partial charge in [0.25, 0.3) is 5.91 Å². The number of aromatic nitrogens is 4. The summed E-state index contributed by atoms with van der Waals surface area (Å²) < 4.78 is 10.8. The Morgan fingerprint density at radius 1 is 1.16 bits per heavy atom. The Balaban J connectivity index is 2.07. The van der Waals surface area contributed by atoms with Crippen LogP contribution in [-0.4, -0.2) is 40.3 Å². The number of carbonyl (C=O) groups is 1. The van der Waals surface area contributed by atoms with Crippen LogP contribution in [0.4, 0.5) is 0 Å². The van der Waals surface area contributed by atoms with Gasteiger partial charge in [0.2, 0.25) is 0 Å².